The Kier molecular flexibility index (Phi) is 5.40. The van der Waals surface area contributed by atoms with Crippen molar-refractivity contribution in [2.75, 3.05) is 16.6 Å². The monoisotopic (exact) mass is 415 g/mol. The number of anilines is 2. The summed E-state index contributed by atoms with van der Waals surface area (Å²) in [4.78, 5) is 11.9. The van der Waals surface area contributed by atoms with Crippen LogP contribution in [0.25, 0.3) is 0 Å². The van der Waals surface area contributed by atoms with Gasteiger partial charge in [-0.25, -0.2) is 8.42 Å². The summed E-state index contributed by atoms with van der Waals surface area (Å²) in [7, 11) is -3.95. The van der Waals surface area contributed by atoms with Gasteiger partial charge >= 0.3 is 0 Å². The molecular weight excluding hydrogens is 394 g/mol. The lowest BCUT2D eigenvalue weighted by atomic mass is 10.1. The van der Waals surface area contributed by atoms with Crippen LogP contribution in [0.2, 0.25) is 0 Å². The number of sulfonamides is 1. The Morgan fingerprint density at radius 3 is 2.69 bits per heavy atom. The smallest absolute Gasteiger partial charge is 0.268 e. The van der Waals surface area contributed by atoms with Crippen LogP contribution in [0.3, 0.4) is 0 Å². The Morgan fingerprint density at radius 2 is 2.00 bits per heavy atom. The summed E-state index contributed by atoms with van der Waals surface area (Å²) in [6.45, 7) is 5.60. The molecule has 1 aliphatic rings. The molecule has 2 aromatic rings. The van der Waals surface area contributed by atoms with Gasteiger partial charge in [0.15, 0.2) is 5.60 Å². The molecule has 1 amide bonds. The third-order valence-corrected chi connectivity index (χ3v) is 5.62. The molecule has 0 saturated heterocycles. The highest BCUT2D eigenvalue weighted by atomic mass is 32.2. The van der Waals surface area contributed by atoms with Gasteiger partial charge in [-0.05, 0) is 50.6 Å². The normalized spacial score (nSPS) is 14.8. The zero-order chi connectivity index (χ0) is 21.2. The summed E-state index contributed by atoms with van der Waals surface area (Å²) >= 11 is 0. The van der Waals surface area contributed by atoms with E-state index in [4.69, 9.17) is 9.47 Å². The van der Waals surface area contributed by atoms with Crippen molar-refractivity contribution in [1.29, 1.82) is 5.26 Å². The molecule has 0 bridgehead atoms. The lowest BCUT2D eigenvalue weighted by molar-refractivity contribution is -0.129. The van der Waals surface area contributed by atoms with Crippen LogP contribution in [-0.2, 0) is 14.8 Å². The van der Waals surface area contributed by atoms with Gasteiger partial charge in [-0.2, -0.15) is 5.26 Å². The third kappa shape index (κ3) is 4.27. The molecule has 0 aliphatic carbocycles. The first-order valence-electron chi connectivity index (χ1n) is 9.00. The van der Waals surface area contributed by atoms with E-state index in [0.29, 0.717) is 23.8 Å². The van der Waals surface area contributed by atoms with Crippen LogP contribution in [0.5, 0.6) is 11.5 Å². The van der Waals surface area contributed by atoms with Crippen LogP contribution in [0.1, 0.15) is 32.8 Å². The average Bonchev–Trinajstić information content (AvgIpc) is 2.66. The Bertz CT molecular complexity index is 1100. The molecule has 9 heteroatoms. The van der Waals surface area contributed by atoms with Crippen molar-refractivity contribution in [3.63, 3.8) is 0 Å². The molecule has 0 saturated carbocycles. The zero-order valence-electron chi connectivity index (χ0n) is 16.3. The van der Waals surface area contributed by atoms with Crippen LogP contribution in [-0.4, -0.2) is 26.5 Å². The predicted octanol–water partition coefficient (Wildman–Crippen LogP) is 3.26. The fraction of sp³-hybridized carbons (Fsp3) is 0.300. The number of ether oxygens (including phenoxy) is 2. The van der Waals surface area contributed by atoms with Crippen molar-refractivity contribution in [2.45, 2.75) is 37.7 Å². The van der Waals surface area contributed by atoms with Crippen molar-refractivity contribution < 1.29 is 22.7 Å². The SMILES string of the molecule is CCCOc1ccc(S(=O)(=O)Nc2ccc3c(c2)OC(C)(C)C(=O)N3)cc1C#N. The summed E-state index contributed by atoms with van der Waals surface area (Å²) < 4.78 is 39.1. The first kappa shape index (κ1) is 20.5. The number of nitrogens with zero attached hydrogens (tertiary/aromatic N) is 1. The molecular formula is C20H21N3O5S. The van der Waals surface area contributed by atoms with Crippen LogP contribution in [0, 0.1) is 11.3 Å². The number of rotatable bonds is 6. The van der Waals surface area contributed by atoms with Gasteiger partial charge in [0.25, 0.3) is 15.9 Å². The minimum absolute atomic E-state index is 0.0647. The fourth-order valence-corrected chi connectivity index (χ4v) is 3.76. The van der Waals surface area contributed by atoms with Gasteiger partial charge < -0.3 is 14.8 Å². The second-order valence-electron chi connectivity index (χ2n) is 7.00. The number of carbonyl (C=O) groups excluding carboxylic acids is 1. The highest BCUT2D eigenvalue weighted by Crippen LogP contribution is 2.36. The molecule has 0 aromatic heterocycles. The molecule has 1 aliphatic heterocycles. The van der Waals surface area contributed by atoms with Crippen LogP contribution >= 0.6 is 0 Å². The Balaban J connectivity index is 1.87. The van der Waals surface area contributed by atoms with Crippen molar-refractivity contribution in [3.05, 3.63) is 42.0 Å². The summed E-state index contributed by atoms with van der Waals surface area (Å²) in [5.74, 6) is 0.414. The number of benzene rings is 2. The predicted molar refractivity (Wildman–Crippen MR) is 108 cm³/mol. The van der Waals surface area contributed by atoms with E-state index in [2.05, 4.69) is 10.0 Å². The van der Waals surface area contributed by atoms with Crippen molar-refractivity contribution in [3.8, 4) is 17.6 Å². The van der Waals surface area contributed by atoms with E-state index >= 15 is 0 Å². The summed E-state index contributed by atoms with van der Waals surface area (Å²) in [6.07, 6.45) is 0.768. The van der Waals surface area contributed by atoms with Gasteiger partial charge in [0, 0.05) is 6.07 Å². The Labute approximate surface area is 169 Å². The molecule has 0 spiro atoms. The standard InChI is InChI=1S/C20H21N3O5S/c1-4-9-27-17-8-6-15(10-13(17)12-21)29(25,26)23-14-5-7-16-18(11-14)28-20(2,3)19(24)22-16/h5-8,10-11,23H,4,9H2,1-3H3,(H,22,24). The third-order valence-electron chi connectivity index (χ3n) is 4.24. The van der Waals surface area contributed by atoms with E-state index in [1.165, 1.54) is 30.3 Å². The maximum absolute atomic E-state index is 12.8. The van der Waals surface area contributed by atoms with Gasteiger partial charge in [0.2, 0.25) is 0 Å². The van der Waals surface area contributed by atoms with Gasteiger partial charge in [0.05, 0.1) is 28.4 Å². The van der Waals surface area contributed by atoms with Crippen LogP contribution in [0.15, 0.2) is 41.3 Å². The lowest BCUT2D eigenvalue weighted by Crippen LogP contribution is -2.45. The number of amides is 1. The zero-order valence-corrected chi connectivity index (χ0v) is 17.1. The quantitative estimate of drug-likeness (QED) is 0.748. The van der Waals surface area contributed by atoms with Crippen LogP contribution in [0.4, 0.5) is 11.4 Å². The number of carbonyl (C=O) groups is 1. The van der Waals surface area contributed by atoms with Crippen molar-refractivity contribution in [2.24, 2.45) is 0 Å². The molecule has 0 fully saturated rings. The summed E-state index contributed by atoms with van der Waals surface area (Å²) in [5, 5.41) is 12.0. The molecule has 29 heavy (non-hydrogen) atoms. The van der Waals surface area contributed by atoms with Crippen LogP contribution < -0.4 is 19.5 Å². The summed E-state index contributed by atoms with van der Waals surface area (Å²) in [6, 6.07) is 10.6. The van der Waals surface area contributed by atoms with E-state index in [9.17, 15) is 18.5 Å². The topological polar surface area (TPSA) is 118 Å². The molecule has 3 rings (SSSR count). The number of nitrogens with one attached hydrogen (secondary N) is 2. The molecule has 0 atom stereocenters. The van der Waals surface area contributed by atoms with E-state index in [-0.39, 0.29) is 22.1 Å². The largest absolute Gasteiger partial charge is 0.492 e. The minimum atomic E-state index is -3.95. The number of nitriles is 1. The lowest BCUT2D eigenvalue weighted by Gasteiger charge is -2.31. The van der Waals surface area contributed by atoms with E-state index in [0.717, 1.165) is 6.42 Å². The fourth-order valence-electron chi connectivity index (χ4n) is 2.68. The number of fused-ring (bicyclic) bond motifs is 1. The highest BCUT2D eigenvalue weighted by Gasteiger charge is 2.35. The van der Waals surface area contributed by atoms with Gasteiger partial charge in [-0.1, -0.05) is 6.92 Å². The highest BCUT2D eigenvalue weighted by molar-refractivity contribution is 7.92. The first-order valence-corrected chi connectivity index (χ1v) is 10.5. The average molecular weight is 415 g/mol. The maximum Gasteiger partial charge on any atom is 0.268 e. The Morgan fingerprint density at radius 1 is 1.24 bits per heavy atom. The second kappa shape index (κ2) is 7.64. The summed E-state index contributed by atoms with van der Waals surface area (Å²) in [5.41, 5.74) is -0.206. The second-order valence-corrected chi connectivity index (χ2v) is 8.68. The maximum atomic E-state index is 12.8. The molecule has 8 nitrogen and oxygen atoms in total. The minimum Gasteiger partial charge on any atom is -0.492 e. The Hall–Kier alpha value is -3.25. The molecule has 152 valence electrons. The molecule has 0 unspecified atom stereocenters. The van der Waals surface area contributed by atoms with Crippen molar-refractivity contribution >= 4 is 27.3 Å². The van der Waals surface area contributed by atoms with E-state index < -0.39 is 15.6 Å². The molecule has 2 N–H and O–H groups in total. The first-order chi connectivity index (χ1) is 13.7. The van der Waals surface area contributed by atoms with Gasteiger partial charge in [-0.3, -0.25) is 9.52 Å². The molecule has 2 aromatic carbocycles. The number of hydrogen-bond donors (Lipinski definition) is 2. The van der Waals surface area contributed by atoms with Crippen molar-refractivity contribution in [1.82, 2.24) is 0 Å². The van der Waals surface area contributed by atoms with E-state index in [1.807, 2.05) is 13.0 Å². The van der Waals surface area contributed by atoms with Gasteiger partial charge in [-0.15, -0.1) is 0 Å². The van der Waals surface area contributed by atoms with Gasteiger partial charge in [0.1, 0.15) is 17.6 Å². The molecule has 0 radical (unpaired) electrons. The molecule has 1 heterocycles. The van der Waals surface area contributed by atoms with E-state index in [1.54, 1.807) is 19.9 Å². The number of hydrogen-bond acceptors (Lipinski definition) is 6.